The molecule has 1 aliphatic rings. The highest BCUT2D eigenvalue weighted by atomic mass is 16.5. The fourth-order valence-corrected chi connectivity index (χ4v) is 3.76. The summed E-state index contributed by atoms with van der Waals surface area (Å²) in [6.45, 7) is 2.45. The molecule has 1 heterocycles. The zero-order valence-corrected chi connectivity index (χ0v) is 16.5. The Morgan fingerprint density at radius 1 is 0.931 bits per heavy atom. The van der Waals surface area contributed by atoms with Crippen LogP contribution < -0.4 is 4.74 Å². The van der Waals surface area contributed by atoms with Crippen molar-refractivity contribution in [3.63, 3.8) is 0 Å². The maximum atomic E-state index is 13.1. The molecule has 0 aromatic heterocycles. The molecule has 1 aliphatic heterocycles. The van der Waals surface area contributed by atoms with E-state index < -0.39 is 0 Å². The van der Waals surface area contributed by atoms with Crippen LogP contribution in [0.25, 0.3) is 5.57 Å². The number of aliphatic hydroxyl groups is 1. The van der Waals surface area contributed by atoms with Crippen molar-refractivity contribution in [1.29, 1.82) is 0 Å². The second-order valence-electron chi connectivity index (χ2n) is 7.22. The molecule has 0 radical (unpaired) electrons. The van der Waals surface area contributed by atoms with Crippen LogP contribution in [0.2, 0.25) is 0 Å². The molecular formula is C25H23NO3. The monoisotopic (exact) mass is 385 g/mol. The molecule has 29 heavy (non-hydrogen) atoms. The Morgan fingerprint density at radius 2 is 1.59 bits per heavy atom. The molecule has 0 spiro atoms. The summed E-state index contributed by atoms with van der Waals surface area (Å²) in [6.07, 6.45) is 0. The Labute approximate surface area is 170 Å². The first kappa shape index (κ1) is 18.8. The number of methoxy groups -OCH3 is 1. The fraction of sp³-hybridized carbons (Fsp3) is 0.160. The van der Waals surface area contributed by atoms with E-state index in [9.17, 15) is 9.90 Å². The van der Waals surface area contributed by atoms with E-state index in [1.54, 1.807) is 12.0 Å². The van der Waals surface area contributed by atoms with Gasteiger partial charge in [-0.25, -0.2) is 0 Å². The highest BCUT2D eigenvalue weighted by Gasteiger charge is 2.40. The van der Waals surface area contributed by atoms with Crippen molar-refractivity contribution < 1.29 is 14.6 Å². The van der Waals surface area contributed by atoms with Gasteiger partial charge in [-0.05, 0) is 35.7 Å². The van der Waals surface area contributed by atoms with Crippen LogP contribution in [0.4, 0.5) is 0 Å². The summed E-state index contributed by atoms with van der Waals surface area (Å²) in [5.41, 5.74) is 4.55. The zero-order chi connectivity index (χ0) is 20.4. The number of nitrogens with zero attached hydrogens (tertiary/aromatic N) is 1. The number of aliphatic hydroxyl groups excluding tert-OH is 1. The van der Waals surface area contributed by atoms with Crippen molar-refractivity contribution >= 4 is 11.5 Å². The summed E-state index contributed by atoms with van der Waals surface area (Å²) in [6, 6.07) is 25.0. The number of hydrogen-bond acceptors (Lipinski definition) is 3. The van der Waals surface area contributed by atoms with Gasteiger partial charge in [0, 0.05) is 12.1 Å². The van der Waals surface area contributed by atoms with E-state index in [2.05, 4.69) is 0 Å². The van der Waals surface area contributed by atoms with Crippen LogP contribution in [0.15, 0.2) is 84.6 Å². The van der Waals surface area contributed by atoms with Gasteiger partial charge in [0.2, 0.25) is 0 Å². The van der Waals surface area contributed by atoms with Crippen LogP contribution >= 0.6 is 0 Å². The molecule has 4 rings (SSSR count). The van der Waals surface area contributed by atoms with Gasteiger partial charge in [-0.1, -0.05) is 72.3 Å². The molecule has 3 aromatic rings. The van der Waals surface area contributed by atoms with Gasteiger partial charge < -0.3 is 14.7 Å². The number of rotatable bonds is 5. The van der Waals surface area contributed by atoms with E-state index in [0.717, 1.165) is 28.0 Å². The number of aryl methyl sites for hydroxylation is 1. The lowest BCUT2D eigenvalue weighted by molar-refractivity contribution is -0.130. The van der Waals surface area contributed by atoms with Crippen molar-refractivity contribution in [2.24, 2.45) is 0 Å². The largest absolute Gasteiger partial charge is 0.503 e. The van der Waals surface area contributed by atoms with Gasteiger partial charge in [-0.2, -0.15) is 0 Å². The second-order valence-corrected chi connectivity index (χ2v) is 7.22. The standard InChI is InChI=1S/C25H23NO3/c1-17-8-10-20(11-9-17)23-22(19-12-14-21(29-2)15-13-19)24(27)25(28)26(23)16-18-6-4-3-5-7-18/h3-15,23,27H,16H2,1-2H3. The molecule has 0 bridgehead atoms. The third-order valence-corrected chi connectivity index (χ3v) is 5.29. The van der Waals surface area contributed by atoms with Crippen molar-refractivity contribution in [3.8, 4) is 5.75 Å². The average Bonchev–Trinajstić information content (AvgIpc) is 3.00. The van der Waals surface area contributed by atoms with Crippen molar-refractivity contribution in [2.75, 3.05) is 7.11 Å². The molecule has 1 N–H and O–H groups in total. The number of carbonyl (C=O) groups excluding carboxylic acids is 1. The van der Waals surface area contributed by atoms with Gasteiger partial charge in [0.25, 0.3) is 5.91 Å². The lowest BCUT2D eigenvalue weighted by atomic mass is 9.93. The van der Waals surface area contributed by atoms with E-state index in [-0.39, 0.29) is 17.7 Å². The number of benzene rings is 3. The van der Waals surface area contributed by atoms with Gasteiger partial charge in [0.15, 0.2) is 5.76 Å². The molecule has 0 aliphatic carbocycles. The van der Waals surface area contributed by atoms with Crippen molar-refractivity contribution in [2.45, 2.75) is 19.5 Å². The first-order chi connectivity index (χ1) is 14.1. The predicted octanol–water partition coefficient (Wildman–Crippen LogP) is 5.06. The SMILES string of the molecule is COc1ccc(C2=C(O)C(=O)N(Cc3ccccc3)C2c2ccc(C)cc2)cc1. The van der Waals surface area contributed by atoms with Gasteiger partial charge in [-0.15, -0.1) is 0 Å². The molecule has 1 atom stereocenters. The molecule has 1 amide bonds. The Hall–Kier alpha value is -3.53. The van der Waals surface area contributed by atoms with Crippen LogP contribution in [0.3, 0.4) is 0 Å². The molecule has 146 valence electrons. The van der Waals surface area contributed by atoms with Crippen LogP contribution in [0, 0.1) is 6.92 Å². The maximum absolute atomic E-state index is 13.1. The van der Waals surface area contributed by atoms with E-state index in [1.165, 1.54) is 0 Å². The average molecular weight is 385 g/mol. The molecule has 1 unspecified atom stereocenters. The number of hydrogen-bond donors (Lipinski definition) is 1. The lowest BCUT2D eigenvalue weighted by Crippen LogP contribution is -2.29. The summed E-state index contributed by atoms with van der Waals surface area (Å²) >= 11 is 0. The third kappa shape index (κ3) is 3.61. The van der Waals surface area contributed by atoms with Gasteiger partial charge in [-0.3, -0.25) is 4.79 Å². The maximum Gasteiger partial charge on any atom is 0.290 e. The fourth-order valence-electron chi connectivity index (χ4n) is 3.76. The van der Waals surface area contributed by atoms with Crippen molar-refractivity contribution in [1.82, 2.24) is 4.90 Å². The second kappa shape index (κ2) is 7.84. The summed E-state index contributed by atoms with van der Waals surface area (Å²) in [4.78, 5) is 14.8. The molecule has 0 saturated heterocycles. The first-order valence-electron chi connectivity index (χ1n) is 9.57. The summed E-state index contributed by atoms with van der Waals surface area (Å²) in [5.74, 6) is 0.174. The Bertz CT molecular complexity index is 1040. The topological polar surface area (TPSA) is 49.8 Å². The number of amides is 1. The summed E-state index contributed by atoms with van der Waals surface area (Å²) < 4.78 is 5.25. The quantitative estimate of drug-likeness (QED) is 0.668. The van der Waals surface area contributed by atoms with Gasteiger partial charge in [0.1, 0.15) is 5.75 Å². The Morgan fingerprint density at radius 3 is 2.21 bits per heavy atom. The van der Waals surface area contributed by atoms with Crippen LogP contribution in [0.5, 0.6) is 5.75 Å². The van der Waals surface area contributed by atoms with Gasteiger partial charge in [0.05, 0.1) is 13.2 Å². The molecule has 3 aromatic carbocycles. The number of ether oxygens (including phenoxy) is 1. The molecule has 0 fully saturated rings. The normalized spacial score (nSPS) is 16.4. The van der Waals surface area contributed by atoms with E-state index >= 15 is 0 Å². The van der Waals surface area contributed by atoms with E-state index in [0.29, 0.717) is 12.1 Å². The Kier molecular flexibility index (Phi) is 5.09. The van der Waals surface area contributed by atoms with Crippen LogP contribution in [0.1, 0.15) is 28.3 Å². The minimum Gasteiger partial charge on any atom is -0.503 e. The van der Waals surface area contributed by atoms with E-state index in [1.807, 2.05) is 85.8 Å². The summed E-state index contributed by atoms with van der Waals surface area (Å²) in [7, 11) is 1.61. The highest BCUT2D eigenvalue weighted by Crippen LogP contribution is 2.44. The molecule has 4 heteroatoms. The molecule has 0 saturated carbocycles. The van der Waals surface area contributed by atoms with E-state index in [4.69, 9.17) is 4.74 Å². The minimum atomic E-state index is -0.364. The van der Waals surface area contributed by atoms with Crippen LogP contribution in [-0.2, 0) is 11.3 Å². The van der Waals surface area contributed by atoms with Gasteiger partial charge >= 0.3 is 0 Å². The molecule has 4 nitrogen and oxygen atoms in total. The lowest BCUT2D eigenvalue weighted by Gasteiger charge is -2.27. The van der Waals surface area contributed by atoms with Crippen LogP contribution in [-0.4, -0.2) is 23.0 Å². The minimum absolute atomic E-state index is 0.198. The molecular weight excluding hydrogens is 362 g/mol. The zero-order valence-electron chi connectivity index (χ0n) is 16.5. The van der Waals surface area contributed by atoms with Crippen molar-refractivity contribution in [3.05, 3.63) is 107 Å². The third-order valence-electron chi connectivity index (χ3n) is 5.29. The summed E-state index contributed by atoms with van der Waals surface area (Å²) in [5, 5.41) is 10.8. The smallest absolute Gasteiger partial charge is 0.290 e. The Balaban J connectivity index is 1.80. The highest BCUT2D eigenvalue weighted by molar-refractivity contribution is 6.05. The number of carbonyl (C=O) groups is 1. The first-order valence-corrected chi connectivity index (χ1v) is 9.57. The predicted molar refractivity (Wildman–Crippen MR) is 113 cm³/mol.